The van der Waals surface area contributed by atoms with Crippen LogP contribution in [0.5, 0.6) is 0 Å². The smallest absolute Gasteiger partial charge is 0.443 e. The minimum absolute atomic E-state index is 0.0156. The minimum atomic E-state index is -1.87. The molecule has 0 aliphatic rings. The monoisotopic (exact) mass is 355 g/mol. The molecule has 7 heteroatoms. The van der Waals surface area contributed by atoms with Gasteiger partial charge in [-0.1, -0.05) is 24.3 Å². The molecule has 0 saturated carbocycles. The van der Waals surface area contributed by atoms with Crippen LogP contribution in [0.2, 0.25) is 0 Å². The lowest BCUT2D eigenvalue weighted by Crippen LogP contribution is -2.40. The Kier molecular flexibility index (Phi) is 4.60. The zero-order valence-electron chi connectivity index (χ0n) is 14.7. The molecule has 0 saturated heterocycles. The van der Waals surface area contributed by atoms with Gasteiger partial charge >= 0.3 is 13.2 Å². The van der Waals surface area contributed by atoms with Crippen molar-refractivity contribution in [1.82, 2.24) is 4.57 Å². The molecule has 3 rings (SSSR count). The van der Waals surface area contributed by atoms with Crippen LogP contribution >= 0.6 is 0 Å². The number of halogens is 1. The van der Waals surface area contributed by atoms with E-state index in [2.05, 4.69) is 0 Å². The van der Waals surface area contributed by atoms with Gasteiger partial charge in [-0.25, -0.2) is 9.18 Å². The number of nitrogens with zero attached hydrogens (tertiary/aromatic N) is 1. The summed E-state index contributed by atoms with van der Waals surface area (Å²) in [6.07, 6.45) is -0.716. The molecule has 0 fully saturated rings. The standard InChI is InChI=1S/C19H19BFNO4/c1-19(2,3)26-18(23)22-16-9-5-8-14(12-6-4-7-13(21)10-12)15(16)11-17(22)20(24)25/h4-11,24-25H,1-3H3. The molecule has 0 amide bonds. The molecule has 0 unspecified atom stereocenters. The summed E-state index contributed by atoms with van der Waals surface area (Å²) in [5, 5.41) is 20.0. The zero-order chi connectivity index (χ0) is 19.1. The lowest BCUT2D eigenvalue weighted by atomic mass is 9.86. The van der Waals surface area contributed by atoms with Crippen LogP contribution in [0, 0.1) is 5.82 Å². The minimum Gasteiger partial charge on any atom is -0.443 e. The summed E-state index contributed by atoms with van der Waals surface area (Å²) in [7, 11) is -1.87. The van der Waals surface area contributed by atoms with Gasteiger partial charge in [0.25, 0.3) is 0 Å². The Balaban J connectivity index is 2.24. The van der Waals surface area contributed by atoms with Crippen molar-refractivity contribution in [3.05, 3.63) is 54.3 Å². The summed E-state index contributed by atoms with van der Waals surface area (Å²) in [6.45, 7) is 5.18. The molecule has 5 nitrogen and oxygen atoms in total. The van der Waals surface area contributed by atoms with E-state index in [4.69, 9.17) is 4.74 Å². The summed E-state index contributed by atoms with van der Waals surface area (Å²) in [6, 6.07) is 12.8. The molecular weight excluding hydrogens is 336 g/mol. The van der Waals surface area contributed by atoms with E-state index in [1.165, 1.54) is 18.2 Å². The summed E-state index contributed by atoms with van der Waals surface area (Å²) in [4.78, 5) is 12.6. The number of benzene rings is 2. The van der Waals surface area contributed by atoms with E-state index >= 15 is 0 Å². The number of carbonyl (C=O) groups is 1. The molecule has 1 heterocycles. The van der Waals surface area contributed by atoms with Crippen molar-refractivity contribution in [3.63, 3.8) is 0 Å². The van der Waals surface area contributed by atoms with Gasteiger partial charge < -0.3 is 14.8 Å². The first-order chi connectivity index (χ1) is 12.2. The van der Waals surface area contributed by atoms with Crippen LogP contribution in [-0.4, -0.2) is 33.4 Å². The number of aromatic nitrogens is 1. The van der Waals surface area contributed by atoms with E-state index in [-0.39, 0.29) is 11.4 Å². The highest BCUT2D eigenvalue weighted by Crippen LogP contribution is 2.29. The largest absolute Gasteiger partial charge is 0.506 e. The van der Waals surface area contributed by atoms with Crippen LogP contribution in [0.1, 0.15) is 20.8 Å². The second-order valence-electron chi connectivity index (χ2n) is 7.01. The number of hydrogen-bond acceptors (Lipinski definition) is 4. The van der Waals surface area contributed by atoms with E-state index in [0.29, 0.717) is 22.0 Å². The van der Waals surface area contributed by atoms with Crippen LogP contribution in [-0.2, 0) is 4.74 Å². The molecule has 0 spiro atoms. The van der Waals surface area contributed by atoms with Crippen molar-refractivity contribution in [2.45, 2.75) is 26.4 Å². The maximum atomic E-state index is 13.6. The Morgan fingerprint density at radius 1 is 1.12 bits per heavy atom. The number of rotatable bonds is 2. The van der Waals surface area contributed by atoms with Gasteiger partial charge in [0.2, 0.25) is 0 Å². The lowest BCUT2D eigenvalue weighted by molar-refractivity contribution is 0.0547. The highest BCUT2D eigenvalue weighted by atomic mass is 19.1. The number of ether oxygens (including phenoxy) is 1. The maximum Gasteiger partial charge on any atom is 0.506 e. The Morgan fingerprint density at radius 3 is 2.42 bits per heavy atom. The van der Waals surface area contributed by atoms with Crippen LogP contribution in [0.25, 0.3) is 22.0 Å². The fourth-order valence-electron chi connectivity index (χ4n) is 2.86. The van der Waals surface area contributed by atoms with E-state index in [1.54, 1.807) is 51.1 Å². The van der Waals surface area contributed by atoms with Crippen LogP contribution in [0.3, 0.4) is 0 Å². The molecule has 2 N–H and O–H groups in total. The Labute approximate surface area is 150 Å². The van der Waals surface area contributed by atoms with Gasteiger partial charge in [0.15, 0.2) is 0 Å². The molecule has 0 radical (unpaired) electrons. The fourth-order valence-corrected chi connectivity index (χ4v) is 2.86. The van der Waals surface area contributed by atoms with Gasteiger partial charge in [0, 0.05) is 5.39 Å². The first-order valence-corrected chi connectivity index (χ1v) is 8.17. The van der Waals surface area contributed by atoms with Gasteiger partial charge in [-0.3, -0.25) is 4.57 Å². The lowest BCUT2D eigenvalue weighted by Gasteiger charge is -2.21. The maximum absolute atomic E-state index is 13.6. The highest BCUT2D eigenvalue weighted by Gasteiger charge is 2.27. The Bertz CT molecular complexity index is 975. The summed E-state index contributed by atoms with van der Waals surface area (Å²) >= 11 is 0. The van der Waals surface area contributed by atoms with Crippen molar-refractivity contribution >= 4 is 29.7 Å². The average Bonchev–Trinajstić information content (AvgIpc) is 2.93. The van der Waals surface area contributed by atoms with Crippen LogP contribution in [0.15, 0.2) is 48.5 Å². The number of hydrogen-bond donors (Lipinski definition) is 2. The second-order valence-corrected chi connectivity index (χ2v) is 7.01. The van der Waals surface area contributed by atoms with Gasteiger partial charge in [-0.2, -0.15) is 0 Å². The predicted octanol–water partition coefficient (Wildman–Crippen LogP) is 2.91. The second kappa shape index (κ2) is 6.59. The molecular formula is C19H19BFNO4. The topological polar surface area (TPSA) is 71.7 Å². The van der Waals surface area contributed by atoms with Gasteiger partial charge in [-0.05, 0) is 56.2 Å². The van der Waals surface area contributed by atoms with Gasteiger partial charge in [0.05, 0.1) is 11.1 Å². The quantitative estimate of drug-likeness (QED) is 0.694. The van der Waals surface area contributed by atoms with Crippen molar-refractivity contribution in [2.75, 3.05) is 0 Å². The first-order valence-electron chi connectivity index (χ1n) is 8.17. The predicted molar refractivity (Wildman–Crippen MR) is 98.8 cm³/mol. The molecule has 134 valence electrons. The van der Waals surface area contributed by atoms with E-state index < -0.39 is 18.8 Å². The third kappa shape index (κ3) is 3.49. The third-order valence-corrected chi connectivity index (χ3v) is 3.85. The molecule has 3 aromatic rings. The number of fused-ring (bicyclic) bond motifs is 1. The Morgan fingerprint density at radius 2 is 1.81 bits per heavy atom. The molecule has 0 atom stereocenters. The molecule has 2 aromatic carbocycles. The summed E-state index contributed by atoms with van der Waals surface area (Å²) in [5.74, 6) is -0.381. The van der Waals surface area contributed by atoms with Crippen molar-refractivity contribution < 1.29 is 24.0 Å². The third-order valence-electron chi connectivity index (χ3n) is 3.85. The first kappa shape index (κ1) is 18.2. The van der Waals surface area contributed by atoms with Crippen molar-refractivity contribution in [1.29, 1.82) is 0 Å². The molecule has 0 aliphatic heterocycles. The Hall–Kier alpha value is -2.64. The number of carbonyl (C=O) groups excluding carboxylic acids is 1. The van der Waals surface area contributed by atoms with E-state index in [9.17, 15) is 19.2 Å². The van der Waals surface area contributed by atoms with E-state index in [0.717, 1.165) is 4.57 Å². The van der Waals surface area contributed by atoms with Crippen LogP contribution in [0.4, 0.5) is 9.18 Å². The van der Waals surface area contributed by atoms with Crippen molar-refractivity contribution in [3.8, 4) is 11.1 Å². The molecule has 0 bridgehead atoms. The highest BCUT2D eigenvalue weighted by molar-refractivity contribution is 6.59. The van der Waals surface area contributed by atoms with Crippen molar-refractivity contribution in [2.24, 2.45) is 0 Å². The zero-order valence-corrected chi connectivity index (χ0v) is 14.7. The molecule has 0 aliphatic carbocycles. The molecule has 26 heavy (non-hydrogen) atoms. The van der Waals surface area contributed by atoms with E-state index in [1.807, 2.05) is 0 Å². The summed E-state index contributed by atoms with van der Waals surface area (Å²) < 4.78 is 20.1. The van der Waals surface area contributed by atoms with Gasteiger partial charge in [0.1, 0.15) is 11.4 Å². The van der Waals surface area contributed by atoms with Gasteiger partial charge in [-0.15, -0.1) is 0 Å². The normalized spacial score (nSPS) is 11.6. The average molecular weight is 355 g/mol. The summed E-state index contributed by atoms with van der Waals surface area (Å²) in [5.41, 5.74) is 0.982. The van der Waals surface area contributed by atoms with Crippen LogP contribution < -0.4 is 5.59 Å². The fraction of sp³-hybridized carbons (Fsp3) is 0.211. The SMILES string of the molecule is CC(C)(C)OC(=O)n1c(B(O)O)cc2c(-c3cccc(F)c3)cccc21. The molecule has 1 aromatic heterocycles.